The minimum atomic E-state index is -2.44. The van der Waals surface area contributed by atoms with E-state index in [1.54, 1.807) is 0 Å². The zero-order valence-corrected chi connectivity index (χ0v) is 15.4. The van der Waals surface area contributed by atoms with Crippen LogP contribution in [0.25, 0.3) is 11.1 Å². The Kier molecular flexibility index (Phi) is 2.67. The average molecular weight is 390 g/mol. The number of hydrogen-bond donors (Lipinski definition) is 0. The first-order chi connectivity index (χ1) is 10.4. The molecule has 3 heteroatoms. The molecule has 0 N–H and O–H groups in total. The Bertz CT molecular complexity index is 875. The third-order valence-electron chi connectivity index (χ3n) is 4.17. The molecule has 21 heavy (non-hydrogen) atoms. The van der Waals surface area contributed by atoms with Crippen LogP contribution in [0.2, 0.25) is 0 Å². The molecule has 0 bridgehead atoms. The van der Waals surface area contributed by atoms with Crippen molar-refractivity contribution in [3.63, 3.8) is 0 Å². The maximum atomic E-state index is 6.56. The summed E-state index contributed by atoms with van der Waals surface area (Å²) in [5.41, 5.74) is 2.65. The van der Waals surface area contributed by atoms with Crippen molar-refractivity contribution < 1.29 is 2.85 Å². The molecule has 0 amide bonds. The van der Waals surface area contributed by atoms with Gasteiger partial charge in [0, 0.05) is 0 Å². The molecule has 0 unspecified atom stereocenters. The zero-order valence-electron chi connectivity index (χ0n) is 11.2. The summed E-state index contributed by atoms with van der Waals surface area (Å²) in [5.74, 6) is 1.07. The van der Waals surface area contributed by atoms with Crippen LogP contribution in [0.5, 0.6) is 5.75 Å². The fraction of sp³-hybridized carbons (Fsp3) is 0. The Morgan fingerprint density at radius 2 is 1.48 bits per heavy atom. The number of benzene rings is 3. The SMILES string of the molecule is c1ccc2c(c1)[O][In]1[c]3ccccc3Sc3cccc-2[c]31. The summed E-state index contributed by atoms with van der Waals surface area (Å²) in [6, 6.07) is 23.9. The third kappa shape index (κ3) is 1.74. The van der Waals surface area contributed by atoms with Crippen LogP contribution in [0.4, 0.5) is 0 Å². The molecule has 0 saturated carbocycles. The molecule has 2 heterocycles. The van der Waals surface area contributed by atoms with Gasteiger partial charge in [0.1, 0.15) is 0 Å². The van der Waals surface area contributed by atoms with Gasteiger partial charge in [-0.3, -0.25) is 0 Å². The van der Waals surface area contributed by atoms with Gasteiger partial charge in [0.2, 0.25) is 0 Å². The van der Waals surface area contributed by atoms with Crippen molar-refractivity contribution in [3.8, 4) is 16.9 Å². The molecule has 0 fully saturated rings. The van der Waals surface area contributed by atoms with Crippen LogP contribution in [0.3, 0.4) is 0 Å². The van der Waals surface area contributed by atoms with Gasteiger partial charge >= 0.3 is 137 Å². The van der Waals surface area contributed by atoms with Crippen LogP contribution in [-0.4, -0.2) is 21.9 Å². The van der Waals surface area contributed by atoms with Gasteiger partial charge in [-0.15, -0.1) is 0 Å². The predicted octanol–water partition coefficient (Wildman–Crippen LogP) is 3.32. The first-order valence-electron chi connectivity index (χ1n) is 7.07. The molecule has 5 rings (SSSR count). The Morgan fingerprint density at radius 1 is 0.714 bits per heavy atom. The first-order valence-corrected chi connectivity index (χ1v) is 12.5. The van der Waals surface area contributed by atoms with Crippen LogP contribution >= 0.6 is 11.8 Å². The van der Waals surface area contributed by atoms with E-state index >= 15 is 0 Å². The number of rotatable bonds is 0. The molecule has 0 aliphatic carbocycles. The van der Waals surface area contributed by atoms with Gasteiger partial charge in [0.15, 0.2) is 0 Å². The van der Waals surface area contributed by atoms with Crippen molar-refractivity contribution in [1.29, 1.82) is 0 Å². The van der Waals surface area contributed by atoms with Gasteiger partial charge < -0.3 is 0 Å². The van der Waals surface area contributed by atoms with E-state index in [-0.39, 0.29) is 0 Å². The molecule has 0 saturated heterocycles. The van der Waals surface area contributed by atoms with E-state index in [4.69, 9.17) is 2.85 Å². The van der Waals surface area contributed by atoms with E-state index < -0.39 is 21.9 Å². The van der Waals surface area contributed by atoms with Crippen molar-refractivity contribution >= 4 is 40.3 Å². The molecule has 98 valence electrons. The van der Waals surface area contributed by atoms with E-state index in [1.807, 2.05) is 11.8 Å². The second-order valence-electron chi connectivity index (χ2n) is 5.35. The molecule has 0 atom stereocenters. The van der Waals surface area contributed by atoms with Crippen LogP contribution in [0, 0.1) is 0 Å². The Labute approximate surface area is 136 Å². The Balaban J connectivity index is 1.85. The Hall–Kier alpha value is -1.32. The van der Waals surface area contributed by atoms with Crippen molar-refractivity contribution in [2.45, 2.75) is 9.79 Å². The number of para-hydroxylation sites is 1. The van der Waals surface area contributed by atoms with E-state index in [2.05, 4.69) is 66.7 Å². The van der Waals surface area contributed by atoms with Crippen molar-refractivity contribution in [3.05, 3.63) is 66.7 Å². The van der Waals surface area contributed by atoms with Crippen molar-refractivity contribution in [2.24, 2.45) is 0 Å². The van der Waals surface area contributed by atoms with E-state index in [0.717, 1.165) is 5.75 Å². The minimum absolute atomic E-state index is 1.07. The van der Waals surface area contributed by atoms with Crippen LogP contribution in [-0.2, 0) is 0 Å². The summed E-state index contributed by atoms with van der Waals surface area (Å²) in [6.07, 6.45) is 0. The molecule has 2 aliphatic rings. The summed E-state index contributed by atoms with van der Waals surface area (Å²) in [7, 11) is 0. The van der Waals surface area contributed by atoms with E-state index in [1.165, 1.54) is 27.6 Å². The molecule has 1 nitrogen and oxygen atoms in total. The van der Waals surface area contributed by atoms with Gasteiger partial charge in [-0.2, -0.15) is 0 Å². The molecule has 0 radical (unpaired) electrons. The van der Waals surface area contributed by atoms with Crippen molar-refractivity contribution in [1.82, 2.24) is 0 Å². The normalized spacial score (nSPS) is 13.8. The zero-order chi connectivity index (χ0) is 13.8. The quantitative estimate of drug-likeness (QED) is 0.583. The monoisotopic (exact) mass is 390 g/mol. The summed E-state index contributed by atoms with van der Waals surface area (Å²) >= 11 is -0.548. The van der Waals surface area contributed by atoms with Gasteiger partial charge in [-0.05, 0) is 0 Å². The summed E-state index contributed by atoms with van der Waals surface area (Å²) in [4.78, 5) is 2.80. The summed E-state index contributed by atoms with van der Waals surface area (Å²) < 4.78 is 9.58. The van der Waals surface area contributed by atoms with Gasteiger partial charge in [0.25, 0.3) is 0 Å². The molecule has 0 spiro atoms. The van der Waals surface area contributed by atoms with Crippen LogP contribution < -0.4 is 9.49 Å². The summed E-state index contributed by atoms with van der Waals surface area (Å²) in [5, 5.41) is 0. The second-order valence-corrected chi connectivity index (χ2v) is 12.7. The molecule has 3 aromatic rings. The standard InChI is InChI=1S/C18H12OS.In/c19-18-12-5-4-11-17(18)14-7-6-10-16(13-14)20-15-8-2-1-3-9-15;/h1-8,10-12,19H;/q;+1/p-1. The topological polar surface area (TPSA) is 9.23 Å². The van der Waals surface area contributed by atoms with E-state index in [0.29, 0.717) is 0 Å². The van der Waals surface area contributed by atoms with Crippen LogP contribution in [0.1, 0.15) is 0 Å². The molecule has 2 aliphatic heterocycles. The van der Waals surface area contributed by atoms with Crippen molar-refractivity contribution in [2.75, 3.05) is 0 Å². The molecule has 3 aromatic carbocycles. The van der Waals surface area contributed by atoms with Gasteiger partial charge in [-0.1, -0.05) is 0 Å². The fourth-order valence-corrected chi connectivity index (χ4v) is 13.9. The predicted molar refractivity (Wildman–Crippen MR) is 88.1 cm³/mol. The van der Waals surface area contributed by atoms with E-state index in [9.17, 15) is 0 Å². The first kappa shape index (κ1) is 12.2. The van der Waals surface area contributed by atoms with Gasteiger partial charge in [-0.25, -0.2) is 0 Å². The Morgan fingerprint density at radius 3 is 2.48 bits per heavy atom. The average Bonchev–Trinajstić information content (AvgIpc) is 2.55. The second kappa shape index (κ2) is 4.59. The molecular weight excluding hydrogens is 379 g/mol. The van der Waals surface area contributed by atoms with Gasteiger partial charge in [0.05, 0.1) is 0 Å². The molecular formula is C18H11InOS. The fourth-order valence-electron chi connectivity index (χ4n) is 3.24. The van der Waals surface area contributed by atoms with Crippen LogP contribution in [0.15, 0.2) is 76.5 Å². The number of hydrogen-bond acceptors (Lipinski definition) is 2. The number of fused-ring (bicyclic) bond motifs is 4. The molecule has 0 aromatic heterocycles. The third-order valence-corrected chi connectivity index (χ3v) is 14.3. The maximum absolute atomic E-state index is 6.56. The summed E-state index contributed by atoms with van der Waals surface area (Å²) in [6.45, 7) is 0.